The first-order valence-corrected chi connectivity index (χ1v) is 6.54. The highest BCUT2D eigenvalue weighted by Crippen LogP contribution is 2.17. The van der Waals surface area contributed by atoms with E-state index in [0.29, 0.717) is 11.4 Å². The average molecular weight is 270 g/mol. The van der Waals surface area contributed by atoms with Gasteiger partial charge in [0.15, 0.2) is 0 Å². The van der Waals surface area contributed by atoms with Gasteiger partial charge in [0.1, 0.15) is 5.82 Å². The van der Waals surface area contributed by atoms with Crippen LogP contribution in [-0.2, 0) is 0 Å². The van der Waals surface area contributed by atoms with Crippen LogP contribution in [0, 0.1) is 13.8 Å². The minimum absolute atomic E-state index is 0.216. The molecule has 0 aliphatic heterocycles. The fourth-order valence-corrected chi connectivity index (χ4v) is 1.87. The number of aromatic nitrogens is 2. The number of anilines is 2. The van der Waals surface area contributed by atoms with Gasteiger partial charge in [0, 0.05) is 24.6 Å². The van der Waals surface area contributed by atoms with Crippen LogP contribution in [-0.4, -0.2) is 22.4 Å². The predicted molar refractivity (Wildman–Crippen MR) is 80.1 cm³/mol. The van der Waals surface area contributed by atoms with Crippen LogP contribution in [0.1, 0.15) is 28.5 Å². The van der Waals surface area contributed by atoms with Crippen LogP contribution in [0.5, 0.6) is 0 Å². The monoisotopic (exact) mass is 270 g/mol. The van der Waals surface area contributed by atoms with E-state index in [1.807, 2.05) is 39.0 Å². The van der Waals surface area contributed by atoms with Crippen LogP contribution in [0.25, 0.3) is 0 Å². The number of nitrogens with zero attached hydrogens (tertiary/aromatic N) is 2. The molecule has 2 N–H and O–H groups in total. The largest absolute Gasteiger partial charge is 0.385 e. The zero-order chi connectivity index (χ0) is 14.5. The summed E-state index contributed by atoms with van der Waals surface area (Å²) in [4.78, 5) is 20.6. The van der Waals surface area contributed by atoms with E-state index in [9.17, 15) is 4.79 Å². The van der Waals surface area contributed by atoms with Gasteiger partial charge in [-0.1, -0.05) is 0 Å². The van der Waals surface area contributed by atoms with E-state index in [2.05, 4.69) is 20.6 Å². The summed E-state index contributed by atoms with van der Waals surface area (Å²) < 4.78 is 0. The summed E-state index contributed by atoms with van der Waals surface area (Å²) in [6.07, 6.45) is 3.25. The molecule has 0 aliphatic carbocycles. The number of pyridine rings is 2. The summed E-state index contributed by atoms with van der Waals surface area (Å²) in [6.45, 7) is 6.57. The molecule has 2 aromatic rings. The van der Waals surface area contributed by atoms with Crippen molar-refractivity contribution in [3.8, 4) is 0 Å². The van der Waals surface area contributed by atoms with Crippen LogP contribution in [0.2, 0.25) is 0 Å². The van der Waals surface area contributed by atoms with Crippen LogP contribution < -0.4 is 10.6 Å². The molecule has 2 rings (SSSR count). The maximum Gasteiger partial charge on any atom is 0.260 e. The van der Waals surface area contributed by atoms with E-state index in [1.54, 1.807) is 12.4 Å². The van der Waals surface area contributed by atoms with Gasteiger partial charge in [0.25, 0.3) is 5.91 Å². The zero-order valence-electron chi connectivity index (χ0n) is 11.9. The van der Waals surface area contributed by atoms with Crippen molar-refractivity contribution in [2.45, 2.75) is 20.8 Å². The van der Waals surface area contributed by atoms with Crippen molar-refractivity contribution >= 4 is 17.4 Å². The molecule has 0 spiro atoms. The van der Waals surface area contributed by atoms with E-state index >= 15 is 0 Å². The fourth-order valence-electron chi connectivity index (χ4n) is 1.87. The quantitative estimate of drug-likeness (QED) is 0.896. The summed E-state index contributed by atoms with van der Waals surface area (Å²) in [5.74, 6) is 0.324. The van der Waals surface area contributed by atoms with E-state index in [4.69, 9.17) is 0 Å². The van der Waals surface area contributed by atoms with E-state index in [0.717, 1.165) is 23.5 Å². The molecule has 0 aromatic carbocycles. The summed E-state index contributed by atoms with van der Waals surface area (Å²) >= 11 is 0. The van der Waals surface area contributed by atoms with Crippen LogP contribution in [0.4, 0.5) is 11.5 Å². The minimum atomic E-state index is -0.216. The standard InChI is InChI=1S/C15H18N4O/c1-4-16-13-8-11(3)18-9-12(13)15(20)19-14-7-10(2)5-6-17-14/h5-9H,4H2,1-3H3,(H,16,18)(H,17,19,20). The molecular weight excluding hydrogens is 252 g/mol. The van der Waals surface area contributed by atoms with Gasteiger partial charge in [-0.15, -0.1) is 0 Å². The second kappa shape index (κ2) is 6.14. The van der Waals surface area contributed by atoms with Gasteiger partial charge in [-0.05, 0) is 44.5 Å². The van der Waals surface area contributed by atoms with Crippen LogP contribution in [0.3, 0.4) is 0 Å². The maximum absolute atomic E-state index is 12.3. The predicted octanol–water partition coefficient (Wildman–Crippen LogP) is 2.78. The first-order valence-electron chi connectivity index (χ1n) is 6.54. The topological polar surface area (TPSA) is 66.9 Å². The van der Waals surface area contributed by atoms with Crippen molar-refractivity contribution < 1.29 is 4.79 Å². The molecule has 1 amide bonds. The Morgan fingerprint density at radius 1 is 1.25 bits per heavy atom. The normalized spacial score (nSPS) is 10.2. The Hall–Kier alpha value is -2.43. The van der Waals surface area contributed by atoms with Gasteiger partial charge in [0.2, 0.25) is 0 Å². The molecule has 0 aliphatic rings. The Morgan fingerprint density at radius 2 is 2.05 bits per heavy atom. The van der Waals surface area contributed by atoms with Gasteiger partial charge in [-0.3, -0.25) is 9.78 Å². The molecule has 0 radical (unpaired) electrons. The molecule has 2 heterocycles. The molecule has 0 atom stereocenters. The zero-order valence-corrected chi connectivity index (χ0v) is 11.9. The van der Waals surface area contributed by atoms with E-state index in [1.165, 1.54) is 0 Å². The Kier molecular flexibility index (Phi) is 4.30. The molecule has 104 valence electrons. The molecule has 5 nitrogen and oxygen atoms in total. The second-order valence-electron chi connectivity index (χ2n) is 4.57. The van der Waals surface area contributed by atoms with Gasteiger partial charge in [-0.25, -0.2) is 4.98 Å². The third-order valence-electron chi connectivity index (χ3n) is 2.81. The minimum Gasteiger partial charge on any atom is -0.385 e. The van der Waals surface area contributed by atoms with E-state index < -0.39 is 0 Å². The molecule has 0 saturated carbocycles. The molecule has 0 saturated heterocycles. The van der Waals surface area contributed by atoms with Crippen LogP contribution in [0.15, 0.2) is 30.6 Å². The molecule has 0 fully saturated rings. The third kappa shape index (κ3) is 3.32. The first-order chi connectivity index (χ1) is 9.60. The fraction of sp³-hybridized carbons (Fsp3) is 0.267. The number of carbonyl (C=O) groups excluding carboxylic acids is 1. The molecule has 5 heteroatoms. The van der Waals surface area contributed by atoms with Crippen molar-refractivity contribution in [2.75, 3.05) is 17.2 Å². The lowest BCUT2D eigenvalue weighted by Crippen LogP contribution is -2.16. The number of hydrogen-bond donors (Lipinski definition) is 2. The highest BCUT2D eigenvalue weighted by Gasteiger charge is 2.12. The second-order valence-corrected chi connectivity index (χ2v) is 4.57. The number of amides is 1. The third-order valence-corrected chi connectivity index (χ3v) is 2.81. The average Bonchev–Trinajstić information content (AvgIpc) is 2.39. The van der Waals surface area contributed by atoms with Gasteiger partial charge in [-0.2, -0.15) is 0 Å². The number of rotatable bonds is 4. The number of nitrogens with one attached hydrogen (secondary N) is 2. The lowest BCUT2D eigenvalue weighted by molar-refractivity contribution is 0.102. The smallest absolute Gasteiger partial charge is 0.260 e. The van der Waals surface area contributed by atoms with E-state index in [-0.39, 0.29) is 5.91 Å². The summed E-state index contributed by atoms with van der Waals surface area (Å²) in [5.41, 5.74) is 3.21. The van der Waals surface area contributed by atoms with Gasteiger partial charge in [0.05, 0.1) is 11.3 Å². The Morgan fingerprint density at radius 3 is 2.75 bits per heavy atom. The summed E-state index contributed by atoms with van der Waals surface area (Å²) in [6, 6.07) is 5.57. The molecule has 0 bridgehead atoms. The number of hydrogen-bond acceptors (Lipinski definition) is 4. The van der Waals surface area contributed by atoms with Crippen LogP contribution >= 0.6 is 0 Å². The van der Waals surface area contributed by atoms with Crippen molar-refractivity contribution in [1.82, 2.24) is 9.97 Å². The molecule has 20 heavy (non-hydrogen) atoms. The van der Waals surface area contributed by atoms with Gasteiger partial charge < -0.3 is 10.6 Å². The lowest BCUT2D eigenvalue weighted by Gasteiger charge is -2.11. The SMILES string of the molecule is CCNc1cc(C)ncc1C(=O)Nc1cc(C)ccn1. The van der Waals surface area contributed by atoms with Crippen molar-refractivity contribution in [1.29, 1.82) is 0 Å². The molecule has 2 aromatic heterocycles. The van der Waals surface area contributed by atoms with Crippen molar-refractivity contribution in [3.05, 3.63) is 47.4 Å². The van der Waals surface area contributed by atoms with Crippen molar-refractivity contribution in [3.63, 3.8) is 0 Å². The first kappa shape index (κ1) is 14.0. The lowest BCUT2D eigenvalue weighted by atomic mass is 10.2. The Balaban J connectivity index is 2.24. The highest BCUT2D eigenvalue weighted by molar-refractivity contribution is 6.07. The summed E-state index contributed by atoms with van der Waals surface area (Å²) in [7, 11) is 0. The maximum atomic E-state index is 12.3. The number of aryl methyl sites for hydroxylation is 2. The number of carbonyl (C=O) groups is 1. The molecular formula is C15H18N4O. The van der Waals surface area contributed by atoms with Gasteiger partial charge >= 0.3 is 0 Å². The summed E-state index contributed by atoms with van der Waals surface area (Å²) in [5, 5.41) is 5.96. The Bertz CT molecular complexity index is 625. The van der Waals surface area contributed by atoms with Crippen molar-refractivity contribution in [2.24, 2.45) is 0 Å². The Labute approximate surface area is 118 Å². The highest BCUT2D eigenvalue weighted by atomic mass is 16.1. The molecule has 0 unspecified atom stereocenters.